The van der Waals surface area contributed by atoms with E-state index in [1.807, 2.05) is 36.4 Å². The van der Waals surface area contributed by atoms with Gasteiger partial charge in [0.2, 0.25) is 0 Å². The Morgan fingerprint density at radius 1 is 0.741 bits per heavy atom. The second kappa shape index (κ2) is 19.5. The fourth-order valence-corrected chi connectivity index (χ4v) is 1.24. The number of carboxylic acid groups (broad SMARTS) is 1. The molecule has 4 aromatic rings. The molecule has 6 nitrogen and oxygen atoms in total. The number of hydrogen-bond donors (Lipinski definition) is 1. The largest absolute Gasteiger partial charge is 0.481 e. The zero-order valence-corrected chi connectivity index (χ0v) is 15.8. The molecule has 0 aliphatic heterocycles. The number of carboxylic acids is 1. The van der Waals surface area contributed by atoms with E-state index in [4.69, 9.17) is 32.7 Å². The number of carbonyl (C=O) groups is 1. The Balaban J connectivity index is 0.000000329. The van der Waals surface area contributed by atoms with Crippen molar-refractivity contribution in [1.29, 1.82) is 0 Å². The molecule has 0 radical (unpaired) electrons. The minimum absolute atomic E-state index is 0.0347. The monoisotopic (exact) mass is 414 g/mol. The van der Waals surface area contributed by atoms with Gasteiger partial charge in [-0.1, -0.05) is 0 Å². The zero-order valence-electron chi connectivity index (χ0n) is 14.3. The van der Waals surface area contributed by atoms with Crippen LogP contribution in [0.1, 0.15) is 5.76 Å². The summed E-state index contributed by atoms with van der Waals surface area (Å²) in [6, 6.07) is 14.3. The third-order valence-electron chi connectivity index (χ3n) is 2.18. The lowest BCUT2D eigenvalue weighted by Gasteiger charge is -1.85. The van der Waals surface area contributed by atoms with E-state index < -0.39 is 5.97 Å². The van der Waals surface area contributed by atoms with Crippen molar-refractivity contribution in [2.24, 2.45) is 0 Å². The molecule has 27 heavy (non-hydrogen) atoms. The summed E-state index contributed by atoms with van der Waals surface area (Å²) in [5.41, 5.74) is 0. The minimum Gasteiger partial charge on any atom is -0.481 e. The van der Waals surface area contributed by atoms with E-state index >= 15 is 0 Å². The van der Waals surface area contributed by atoms with E-state index in [2.05, 4.69) is 13.3 Å². The molecule has 0 saturated heterocycles. The highest BCUT2D eigenvalue weighted by Crippen LogP contribution is 1.99. The molecule has 0 saturated carbocycles. The zero-order chi connectivity index (χ0) is 20.0. The molecule has 0 bridgehead atoms. The molecule has 146 valence electrons. The molecule has 0 amide bonds. The van der Waals surface area contributed by atoms with Gasteiger partial charge >= 0.3 is 5.97 Å². The van der Waals surface area contributed by atoms with Gasteiger partial charge in [0.15, 0.2) is 0 Å². The lowest BCUT2D eigenvalue weighted by atomic mass is 10.3. The van der Waals surface area contributed by atoms with Crippen LogP contribution >= 0.6 is 23.2 Å². The molecule has 4 heterocycles. The minimum atomic E-state index is -0.870. The first kappa shape index (κ1) is 24.2. The normalized spacial score (nSPS) is 8.22. The molecule has 0 unspecified atom stereocenters. The van der Waals surface area contributed by atoms with Crippen LogP contribution in [0.5, 0.6) is 0 Å². The molecule has 0 aliphatic rings. The smallest absolute Gasteiger partial charge is 0.311 e. The van der Waals surface area contributed by atoms with Crippen molar-refractivity contribution in [3.05, 3.63) is 98.1 Å². The average Bonchev–Trinajstić information content (AvgIpc) is 3.50. The maximum atomic E-state index is 10.0. The van der Waals surface area contributed by atoms with Crippen LogP contribution in [0.2, 0.25) is 0 Å². The van der Waals surface area contributed by atoms with Crippen LogP contribution in [0.15, 0.2) is 110 Å². The quantitative estimate of drug-likeness (QED) is 0.394. The van der Waals surface area contributed by atoms with Gasteiger partial charge in [-0.25, -0.2) is 0 Å². The molecule has 0 aliphatic carbocycles. The van der Waals surface area contributed by atoms with Gasteiger partial charge in [0.05, 0.1) is 49.2 Å². The molecular formula is C19H20Cl2O6. The molecule has 1 N–H and O–H groups in total. The number of furan rings is 4. The summed E-state index contributed by atoms with van der Waals surface area (Å²) >= 11 is 9.53. The SMILES string of the molecule is ClCCl.O=C(O)Cc1ccco1.c1ccoc1.c1ccoc1.c1ccoc1. The van der Waals surface area contributed by atoms with Gasteiger partial charge in [-0.2, -0.15) is 0 Å². The van der Waals surface area contributed by atoms with Gasteiger partial charge in [-0.3, -0.25) is 4.79 Å². The highest BCUT2D eigenvalue weighted by Gasteiger charge is 2.00. The van der Waals surface area contributed by atoms with E-state index in [-0.39, 0.29) is 11.8 Å². The van der Waals surface area contributed by atoms with Gasteiger partial charge in [0, 0.05) is 0 Å². The second-order valence-electron chi connectivity index (χ2n) is 4.13. The van der Waals surface area contributed by atoms with Crippen molar-refractivity contribution >= 4 is 29.2 Å². The van der Waals surface area contributed by atoms with Gasteiger partial charge < -0.3 is 22.8 Å². The maximum absolute atomic E-state index is 10.0. The first-order valence-corrected chi connectivity index (χ1v) is 8.55. The fraction of sp³-hybridized carbons (Fsp3) is 0.105. The van der Waals surface area contributed by atoms with Crippen LogP contribution in [0.25, 0.3) is 0 Å². The lowest BCUT2D eigenvalue weighted by molar-refractivity contribution is -0.136. The number of aliphatic carboxylic acids is 1. The third-order valence-corrected chi connectivity index (χ3v) is 2.18. The summed E-state index contributed by atoms with van der Waals surface area (Å²) in [7, 11) is 0. The van der Waals surface area contributed by atoms with E-state index in [9.17, 15) is 4.79 Å². The molecule has 8 heteroatoms. The van der Waals surface area contributed by atoms with Gasteiger partial charge in [0.25, 0.3) is 0 Å². The van der Waals surface area contributed by atoms with Crippen LogP contribution in [-0.2, 0) is 11.2 Å². The van der Waals surface area contributed by atoms with Crippen LogP contribution < -0.4 is 0 Å². The third kappa shape index (κ3) is 19.3. The second-order valence-corrected chi connectivity index (χ2v) is 4.94. The first-order valence-electron chi connectivity index (χ1n) is 7.48. The standard InChI is InChI=1S/C6H6O3.3C4H4O.CH2Cl2/c7-6(8)4-5-2-1-3-9-5;3*1-2-4-5-3-1;2-1-3/h1-3H,4H2,(H,7,8);3*1-4H;1H2. The summed E-state index contributed by atoms with van der Waals surface area (Å²) in [5, 5.41) is 8.42. The number of alkyl halides is 2. The molecule has 0 fully saturated rings. The Kier molecular flexibility index (Phi) is 17.5. The highest BCUT2D eigenvalue weighted by atomic mass is 35.5. The maximum Gasteiger partial charge on any atom is 0.311 e. The molecule has 4 rings (SSSR count). The Morgan fingerprint density at radius 2 is 1.11 bits per heavy atom. The number of hydrogen-bond acceptors (Lipinski definition) is 5. The summed E-state index contributed by atoms with van der Waals surface area (Å²) in [5.74, 6) is -0.382. The molecule has 0 spiro atoms. The number of halogens is 2. The van der Waals surface area contributed by atoms with E-state index in [1.54, 1.807) is 49.7 Å². The molecular weight excluding hydrogens is 395 g/mol. The predicted molar refractivity (Wildman–Crippen MR) is 103 cm³/mol. The van der Waals surface area contributed by atoms with Crippen LogP contribution in [0, 0.1) is 0 Å². The Labute approximate surface area is 166 Å². The molecule has 0 aromatic carbocycles. The van der Waals surface area contributed by atoms with Crippen LogP contribution in [0.4, 0.5) is 0 Å². The van der Waals surface area contributed by atoms with Gasteiger partial charge in [-0.05, 0) is 48.5 Å². The van der Waals surface area contributed by atoms with Crippen molar-refractivity contribution in [2.45, 2.75) is 6.42 Å². The van der Waals surface area contributed by atoms with Crippen molar-refractivity contribution in [1.82, 2.24) is 0 Å². The number of rotatable bonds is 2. The highest BCUT2D eigenvalue weighted by molar-refractivity contribution is 6.40. The van der Waals surface area contributed by atoms with Crippen molar-refractivity contribution < 1.29 is 27.6 Å². The summed E-state index contributed by atoms with van der Waals surface area (Å²) in [6.45, 7) is 0. The first-order chi connectivity index (χ1) is 13.2. The lowest BCUT2D eigenvalue weighted by Crippen LogP contribution is -1.97. The van der Waals surface area contributed by atoms with E-state index in [0.29, 0.717) is 5.76 Å². The molecule has 0 atom stereocenters. The Morgan fingerprint density at radius 3 is 1.30 bits per heavy atom. The summed E-state index contributed by atoms with van der Waals surface area (Å²) < 4.78 is 18.5. The van der Waals surface area contributed by atoms with Crippen LogP contribution in [0.3, 0.4) is 0 Å². The predicted octanol–water partition coefficient (Wildman–Crippen LogP) is 6.17. The van der Waals surface area contributed by atoms with Crippen molar-refractivity contribution in [2.75, 3.05) is 5.34 Å². The van der Waals surface area contributed by atoms with Crippen molar-refractivity contribution in [3.8, 4) is 0 Å². The fourth-order valence-electron chi connectivity index (χ4n) is 1.24. The van der Waals surface area contributed by atoms with Crippen molar-refractivity contribution in [3.63, 3.8) is 0 Å². The Bertz CT molecular complexity index is 576. The van der Waals surface area contributed by atoms with Gasteiger partial charge in [0.1, 0.15) is 12.2 Å². The summed E-state index contributed by atoms with van der Waals surface area (Å²) in [4.78, 5) is 10.0. The van der Waals surface area contributed by atoms with Gasteiger partial charge in [-0.15, -0.1) is 23.2 Å². The topological polar surface area (TPSA) is 89.9 Å². The summed E-state index contributed by atoms with van der Waals surface area (Å²) in [6.07, 6.45) is 11.2. The van der Waals surface area contributed by atoms with E-state index in [0.717, 1.165) is 0 Å². The molecule has 4 aromatic heterocycles. The Hall–Kier alpha value is -2.83. The van der Waals surface area contributed by atoms with Crippen LogP contribution in [-0.4, -0.2) is 16.4 Å². The van der Waals surface area contributed by atoms with E-state index in [1.165, 1.54) is 6.26 Å². The average molecular weight is 415 g/mol.